The number of aromatic nitrogens is 7. The number of nitrogens with one attached hydrogen (secondary N) is 2. The highest BCUT2D eigenvalue weighted by Gasteiger charge is 2.17. The number of thiophene rings is 1. The number of aryl methyl sites for hydroxylation is 1. The predicted molar refractivity (Wildman–Crippen MR) is 142 cm³/mol. The summed E-state index contributed by atoms with van der Waals surface area (Å²) in [5.74, 6) is 1.39. The Hall–Kier alpha value is -4.15. The number of hydrogen-bond acceptors (Lipinski definition) is 8. The zero-order valence-electron chi connectivity index (χ0n) is 20.1. The predicted octanol–water partition coefficient (Wildman–Crippen LogP) is 4.94. The van der Waals surface area contributed by atoms with Gasteiger partial charge in [-0.15, -0.1) is 11.3 Å². The minimum absolute atomic E-state index is 0.588. The van der Waals surface area contributed by atoms with Gasteiger partial charge in [0.1, 0.15) is 29.3 Å². The average Bonchev–Trinajstić information content (AvgIpc) is 3.61. The molecule has 180 valence electrons. The fourth-order valence-electron chi connectivity index (χ4n) is 4.03. The Labute approximate surface area is 211 Å². The summed E-state index contributed by atoms with van der Waals surface area (Å²) in [6.45, 7) is 3.50. The van der Waals surface area contributed by atoms with Crippen molar-refractivity contribution in [3.63, 3.8) is 0 Å². The van der Waals surface area contributed by atoms with Gasteiger partial charge in [0.05, 0.1) is 34.0 Å². The number of nitrogens with zero attached hydrogens (tertiary/aromatic N) is 6. The molecule has 6 heterocycles. The summed E-state index contributed by atoms with van der Waals surface area (Å²) in [4.78, 5) is 26.3. The van der Waals surface area contributed by atoms with Gasteiger partial charge in [-0.3, -0.25) is 20.1 Å². The lowest BCUT2D eigenvalue weighted by Gasteiger charge is -2.11. The molecule has 0 aliphatic carbocycles. The first-order valence-corrected chi connectivity index (χ1v) is 12.4. The van der Waals surface area contributed by atoms with Crippen LogP contribution in [0.4, 0.5) is 0 Å². The molecular formula is C26H24N8OS. The first kappa shape index (κ1) is 22.3. The summed E-state index contributed by atoms with van der Waals surface area (Å²) in [5, 5.41) is 8.55. The Bertz CT molecular complexity index is 1680. The van der Waals surface area contributed by atoms with E-state index >= 15 is 0 Å². The van der Waals surface area contributed by atoms with Crippen LogP contribution in [0.5, 0.6) is 5.75 Å². The summed E-state index contributed by atoms with van der Waals surface area (Å²) < 4.78 is 5.86. The van der Waals surface area contributed by atoms with Crippen molar-refractivity contribution < 1.29 is 4.74 Å². The second-order valence-corrected chi connectivity index (χ2v) is 10.1. The van der Waals surface area contributed by atoms with Gasteiger partial charge in [-0.2, -0.15) is 5.10 Å². The zero-order valence-corrected chi connectivity index (χ0v) is 20.9. The monoisotopic (exact) mass is 496 g/mol. The minimum Gasteiger partial charge on any atom is -0.491 e. The fourth-order valence-corrected chi connectivity index (χ4v) is 4.89. The molecule has 0 aromatic carbocycles. The second-order valence-electron chi connectivity index (χ2n) is 8.80. The highest BCUT2D eigenvalue weighted by molar-refractivity contribution is 7.15. The van der Waals surface area contributed by atoms with Crippen LogP contribution in [0.2, 0.25) is 0 Å². The maximum absolute atomic E-state index is 5.86. The maximum atomic E-state index is 5.86. The van der Waals surface area contributed by atoms with Gasteiger partial charge in [-0.05, 0) is 51.4 Å². The standard InChI is InChI=1S/C26H24N8OS/c1-15-4-5-22(36-15)25-24-19(6-7-28-25)30-26(31-24)23-18-11-20(29-14-21(18)32-33-23)16-10-17(13-27-12-16)35-9-8-34(2)3/h4-7,10-14H,8-9H2,1-3H3,(H,30,31)(H,32,33). The summed E-state index contributed by atoms with van der Waals surface area (Å²) in [5.41, 5.74) is 5.81. The van der Waals surface area contributed by atoms with Crippen molar-refractivity contribution in [1.29, 1.82) is 0 Å². The molecule has 0 amide bonds. The van der Waals surface area contributed by atoms with Crippen molar-refractivity contribution in [3.05, 3.63) is 60.0 Å². The number of hydrogen-bond donors (Lipinski definition) is 2. The van der Waals surface area contributed by atoms with Crippen molar-refractivity contribution in [2.75, 3.05) is 27.2 Å². The SMILES string of the molecule is Cc1ccc(-c2nccc3[nH]c(-c4n[nH]c5cnc(-c6cncc(OCCN(C)C)c6)cc45)nc23)s1. The summed E-state index contributed by atoms with van der Waals surface area (Å²) >= 11 is 1.71. The van der Waals surface area contributed by atoms with E-state index in [9.17, 15) is 0 Å². The Morgan fingerprint density at radius 2 is 1.92 bits per heavy atom. The van der Waals surface area contributed by atoms with Crippen LogP contribution in [0.15, 0.2) is 55.1 Å². The minimum atomic E-state index is 0.588. The fraction of sp³-hybridized carbons (Fsp3) is 0.192. The summed E-state index contributed by atoms with van der Waals surface area (Å²) in [6, 6.07) is 10.1. The quantitative estimate of drug-likeness (QED) is 0.322. The molecule has 6 rings (SSSR count). The molecule has 10 heteroatoms. The van der Waals surface area contributed by atoms with Crippen LogP contribution < -0.4 is 4.74 Å². The van der Waals surface area contributed by atoms with Gasteiger partial charge >= 0.3 is 0 Å². The number of imidazole rings is 1. The molecule has 9 nitrogen and oxygen atoms in total. The van der Waals surface area contributed by atoms with Gasteiger partial charge in [0.15, 0.2) is 5.82 Å². The van der Waals surface area contributed by atoms with Crippen LogP contribution in [0.25, 0.3) is 55.3 Å². The molecule has 0 unspecified atom stereocenters. The Kier molecular flexibility index (Phi) is 5.67. The molecule has 2 N–H and O–H groups in total. The van der Waals surface area contributed by atoms with Crippen LogP contribution in [-0.4, -0.2) is 67.3 Å². The van der Waals surface area contributed by atoms with Crippen molar-refractivity contribution >= 4 is 33.3 Å². The van der Waals surface area contributed by atoms with Crippen LogP contribution in [0.1, 0.15) is 4.88 Å². The van der Waals surface area contributed by atoms with E-state index in [-0.39, 0.29) is 0 Å². The maximum Gasteiger partial charge on any atom is 0.159 e. The van der Waals surface area contributed by atoms with Gasteiger partial charge in [0.2, 0.25) is 0 Å². The number of aromatic amines is 2. The third kappa shape index (κ3) is 4.21. The van der Waals surface area contributed by atoms with E-state index in [1.54, 1.807) is 36.1 Å². The van der Waals surface area contributed by atoms with E-state index in [1.165, 1.54) is 4.88 Å². The largest absolute Gasteiger partial charge is 0.491 e. The topological polar surface area (TPSA) is 108 Å². The molecular weight excluding hydrogens is 472 g/mol. The molecule has 36 heavy (non-hydrogen) atoms. The van der Waals surface area contributed by atoms with E-state index in [2.05, 4.69) is 54.1 Å². The lowest BCUT2D eigenvalue weighted by Crippen LogP contribution is -2.19. The number of rotatable bonds is 7. The third-order valence-corrected chi connectivity index (χ3v) is 6.87. The van der Waals surface area contributed by atoms with E-state index in [0.29, 0.717) is 18.2 Å². The zero-order chi connectivity index (χ0) is 24.6. The number of H-pyrrole nitrogens is 2. The van der Waals surface area contributed by atoms with Crippen molar-refractivity contribution in [2.45, 2.75) is 6.92 Å². The molecule has 0 saturated heterocycles. The van der Waals surface area contributed by atoms with Crippen LogP contribution >= 0.6 is 11.3 Å². The lowest BCUT2D eigenvalue weighted by molar-refractivity contribution is 0.261. The first-order chi connectivity index (χ1) is 17.5. The van der Waals surface area contributed by atoms with Crippen LogP contribution in [0, 0.1) is 6.92 Å². The molecule has 0 bridgehead atoms. The van der Waals surface area contributed by atoms with Crippen LogP contribution in [0.3, 0.4) is 0 Å². The highest BCUT2D eigenvalue weighted by Crippen LogP contribution is 2.34. The van der Waals surface area contributed by atoms with Crippen molar-refractivity contribution in [2.24, 2.45) is 0 Å². The summed E-state index contributed by atoms with van der Waals surface area (Å²) in [6.07, 6.45) is 7.09. The molecule has 0 fully saturated rings. The van der Waals surface area contributed by atoms with Gasteiger partial charge < -0.3 is 14.6 Å². The molecule has 0 aliphatic heterocycles. The van der Waals surface area contributed by atoms with Gasteiger partial charge in [-0.1, -0.05) is 0 Å². The van der Waals surface area contributed by atoms with E-state index in [0.717, 1.165) is 56.0 Å². The van der Waals surface area contributed by atoms with Crippen molar-refractivity contribution in [3.8, 4) is 39.1 Å². The molecule has 0 radical (unpaired) electrons. The number of likely N-dealkylation sites (N-methyl/N-ethyl adjacent to an activating group) is 1. The van der Waals surface area contributed by atoms with Gasteiger partial charge in [-0.25, -0.2) is 4.98 Å². The number of fused-ring (bicyclic) bond motifs is 2. The second kappa shape index (κ2) is 9.14. The summed E-state index contributed by atoms with van der Waals surface area (Å²) in [7, 11) is 4.03. The Morgan fingerprint density at radius 1 is 1.00 bits per heavy atom. The van der Waals surface area contributed by atoms with Gasteiger partial charge in [0, 0.05) is 34.8 Å². The molecule has 6 aromatic heterocycles. The Morgan fingerprint density at radius 3 is 2.75 bits per heavy atom. The lowest BCUT2D eigenvalue weighted by atomic mass is 10.1. The highest BCUT2D eigenvalue weighted by atomic mass is 32.1. The number of pyridine rings is 3. The van der Waals surface area contributed by atoms with E-state index in [1.807, 2.05) is 32.3 Å². The molecule has 6 aromatic rings. The smallest absolute Gasteiger partial charge is 0.159 e. The van der Waals surface area contributed by atoms with Crippen molar-refractivity contribution in [1.82, 2.24) is 40.0 Å². The first-order valence-electron chi connectivity index (χ1n) is 11.5. The third-order valence-electron chi connectivity index (χ3n) is 5.86. The average molecular weight is 497 g/mol. The van der Waals surface area contributed by atoms with E-state index < -0.39 is 0 Å². The normalized spacial score (nSPS) is 11.7. The van der Waals surface area contributed by atoms with Gasteiger partial charge in [0.25, 0.3) is 0 Å². The molecule has 0 saturated carbocycles. The number of ether oxygens (including phenoxy) is 1. The Balaban J connectivity index is 1.37. The van der Waals surface area contributed by atoms with Crippen LogP contribution in [-0.2, 0) is 0 Å². The molecule has 0 atom stereocenters. The van der Waals surface area contributed by atoms with E-state index in [4.69, 9.17) is 9.72 Å². The molecule has 0 spiro atoms. The molecule has 0 aliphatic rings.